The third kappa shape index (κ3) is 6.51. The van der Waals surface area contributed by atoms with E-state index in [0.717, 1.165) is 11.8 Å². The fourth-order valence-electron chi connectivity index (χ4n) is 5.26. The number of nitrogens with zero attached hydrogens (tertiary/aromatic N) is 6. The molecule has 1 amide bonds. The Kier molecular flexibility index (Phi) is 9.39. The van der Waals surface area contributed by atoms with Crippen molar-refractivity contribution in [2.75, 3.05) is 31.6 Å². The maximum absolute atomic E-state index is 13.5. The van der Waals surface area contributed by atoms with Gasteiger partial charge in [0.05, 0.1) is 40.4 Å². The number of hydrogen-bond donors (Lipinski definition) is 1. The molecule has 1 atom stereocenters. The van der Waals surface area contributed by atoms with Crippen molar-refractivity contribution in [2.24, 2.45) is 7.05 Å². The summed E-state index contributed by atoms with van der Waals surface area (Å²) in [5.41, 5.74) is 2.24. The van der Waals surface area contributed by atoms with E-state index < -0.39 is 21.2 Å². The first-order chi connectivity index (χ1) is 22.6. The van der Waals surface area contributed by atoms with Gasteiger partial charge in [-0.1, -0.05) is 59.8 Å². The summed E-state index contributed by atoms with van der Waals surface area (Å²) in [5, 5.41) is 11.8. The van der Waals surface area contributed by atoms with Crippen LogP contribution in [-0.2, 0) is 26.6 Å². The van der Waals surface area contributed by atoms with Crippen LogP contribution in [0.25, 0.3) is 22.8 Å². The zero-order valence-corrected chi connectivity index (χ0v) is 28.2. The maximum atomic E-state index is 13.5. The van der Waals surface area contributed by atoms with Crippen LogP contribution in [0.1, 0.15) is 12.6 Å². The predicted octanol–water partition coefficient (Wildman–Crippen LogP) is 4.53. The largest absolute Gasteiger partial charge is 0.379 e. The van der Waals surface area contributed by atoms with Crippen molar-refractivity contribution in [3.8, 4) is 22.8 Å². The highest BCUT2D eigenvalue weighted by atomic mass is 35.5. The molecule has 0 bridgehead atoms. The first-order valence-corrected chi connectivity index (χ1v) is 17.5. The first-order valence-electron chi connectivity index (χ1n) is 14.8. The number of carbonyl (C=O) groups is 1. The molecule has 47 heavy (non-hydrogen) atoms. The van der Waals surface area contributed by atoms with Crippen molar-refractivity contribution in [1.29, 1.82) is 0 Å². The Bertz CT molecular complexity index is 2110. The Hall–Kier alpha value is -4.21. The second kappa shape index (κ2) is 13.5. The number of halogens is 1. The van der Waals surface area contributed by atoms with E-state index in [1.807, 2.05) is 36.4 Å². The van der Waals surface area contributed by atoms with Gasteiger partial charge >= 0.3 is 0 Å². The van der Waals surface area contributed by atoms with E-state index >= 15 is 0 Å². The molecule has 1 aliphatic rings. The number of para-hydroxylation sites is 1. The van der Waals surface area contributed by atoms with Gasteiger partial charge in [0.2, 0.25) is 15.9 Å². The Balaban J connectivity index is 1.32. The maximum Gasteiger partial charge on any atom is 0.295 e. The van der Waals surface area contributed by atoms with E-state index in [1.54, 1.807) is 72.6 Å². The van der Waals surface area contributed by atoms with E-state index in [1.165, 1.54) is 8.99 Å². The van der Waals surface area contributed by atoms with Crippen LogP contribution in [0, 0.1) is 6.92 Å². The molecule has 1 fully saturated rings. The molecule has 1 aliphatic heterocycles. The molecule has 0 saturated carbocycles. The molecule has 1 saturated heterocycles. The van der Waals surface area contributed by atoms with Gasteiger partial charge in [-0.2, -0.15) is 4.31 Å². The summed E-state index contributed by atoms with van der Waals surface area (Å²) in [7, 11) is -2.01. The third-order valence-electron chi connectivity index (χ3n) is 7.85. The van der Waals surface area contributed by atoms with Gasteiger partial charge in [0.25, 0.3) is 5.56 Å². The number of thioether (sulfide) groups is 1. The lowest BCUT2D eigenvalue weighted by atomic mass is 10.2. The summed E-state index contributed by atoms with van der Waals surface area (Å²) in [6.07, 6.45) is 0. The number of aromatic nitrogens is 5. The van der Waals surface area contributed by atoms with Crippen molar-refractivity contribution < 1.29 is 17.9 Å². The van der Waals surface area contributed by atoms with Gasteiger partial charge in [-0.05, 0) is 56.3 Å². The van der Waals surface area contributed by atoms with E-state index in [9.17, 15) is 18.0 Å². The van der Waals surface area contributed by atoms with Crippen LogP contribution in [-0.4, -0.2) is 74.3 Å². The number of sulfonamides is 1. The molecule has 5 aromatic rings. The lowest BCUT2D eigenvalue weighted by molar-refractivity contribution is -0.115. The average Bonchev–Trinajstić information content (AvgIpc) is 3.59. The summed E-state index contributed by atoms with van der Waals surface area (Å²) in [6, 6.07) is 22.8. The predicted molar refractivity (Wildman–Crippen MR) is 181 cm³/mol. The standard InChI is InChI=1S/C32H32ClN7O5S2/c1-21-28(31(42)40(37(21)3)25-11-5-4-6-12-25)34-30(41)22(2)46-32-36-35-29(39(32)26-13-8-10-24(33)20-26)23-9-7-14-27(19-23)47(43,44)38-15-17-45-18-16-38/h4-14,19-20,22H,15-18H2,1-3H3,(H,34,41). The van der Waals surface area contributed by atoms with Crippen LogP contribution < -0.4 is 10.9 Å². The van der Waals surface area contributed by atoms with Gasteiger partial charge in [0.15, 0.2) is 11.0 Å². The summed E-state index contributed by atoms with van der Waals surface area (Å²) in [4.78, 5) is 27.0. The summed E-state index contributed by atoms with van der Waals surface area (Å²) >= 11 is 7.51. The molecule has 3 heterocycles. The van der Waals surface area contributed by atoms with Crippen molar-refractivity contribution in [3.05, 3.63) is 99.9 Å². The molecule has 1 unspecified atom stereocenters. The Morgan fingerprint density at radius 1 is 0.979 bits per heavy atom. The van der Waals surface area contributed by atoms with Crippen LogP contribution in [0.3, 0.4) is 0 Å². The van der Waals surface area contributed by atoms with Crippen molar-refractivity contribution >= 4 is 45.0 Å². The molecule has 0 aliphatic carbocycles. The minimum absolute atomic E-state index is 0.124. The number of amides is 1. The first kappa shape index (κ1) is 32.7. The third-order valence-corrected chi connectivity index (χ3v) is 11.0. The molecule has 2 aromatic heterocycles. The fourth-order valence-corrected chi connectivity index (χ4v) is 7.77. The van der Waals surface area contributed by atoms with Crippen molar-refractivity contribution in [2.45, 2.75) is 29.1 Å². The van der Waals surface area contributed by atoms with Gasteiger partial charge in [-0.3, -0.25) is 18.8 Å². The second-order valence-corrected chi connectivity index (χ2v) is 14.5. The quantitative estimate of drug-likeness (QED) is 0.223. The van der Waals surface area contributed by atoms with E-state index in [-0.39, 0.29) is 29.2 Å². The van der Waals surface area contributed by atoms with Gasteiger partial charge in [-0.15, -0.1) is 10.2 Å². The molecule has 12 nitrogen and oxygen atoms in total. The van der Waals surface area contributed by atoms with Crippen LogP contribution in [0.15, 0.2) is 93.7 Å². The summed E-state index contributed by atoms with van der Waals surface area (Å²) < 4.78 is 38.5. The molecule has 15 heteroatoms. The van der Waals surface area contributed by atoms with E-state index in [2.05, 4.69) is 15.5 Å². The number of morpholine rings is 1. The molecule has 244 valence electrons. The molecule has 1 N–H and O–H groups in total. The molecular formula is C32H32ClN7O5S2. The zero-order valence-electron chi connectivity index (χ0n) is 25.8. The molecular weight excluding hydrogens is 662 g/mol. The highest BCUT2D eigenvalue weighted by Crippen LogP contribution is 2.33. The second-order valence-electron chi connectivity index (χ2n) is 10.9. The van der Waals surface area contributed by atoms with Gasteiger partial charge in [0, 0.05) is 30.7 Å². The highest BCUT2D eigenvalue weighted by molar-refractivity contribution is 8.00. The topological polar surface area (TPSA) is 133 Å². The highest BCUT2D eigenvalue weighted by Gasteiger charge is 2.28. The normalized spacial score (nSPS) is 14.6. The Labute approximate surface area is 281 Å². The monoisotopic (exact) mass is 693 g/mol. The number of nitrogens with one attached hydrogen (secondary N) is 1. The molecule has 0 radical (unpaired) electrons. The summed E-state index contributed by atoms with van der Waals surface area (Å²) in [5.74, 6) is -0.0344. The van der Waals surface area contributed by atoms with Crippen molar-refractivity contribution in [3.63, 3.8) is 0 Å². The minimum atomic E-state index is -3.77. The van der Waals surface area contributed by atoms with Gasteiger partial charge in [0.1, 0.15) is 5.69 Å². The van der Waals surface area contributed by atoms with Crippen LogP contribution >= 0.6 is 23.4 Å². The SMILES string of the molecule is Cc1c(NC(=O)C(C)Sc2nnc(-c3cccc(S(=O)(=O)N4CCOCC4)c3)n2-c2cccc(Cl)c2)c(=O)n(-c2ccccc2)n1C. The smallest absolute Gasteiger partial charge is 0.295 e. The molecule has 0 spiro atoms. The van der Waals surface area contributed by atoms with Gasteiger partial charge < -0.3 is 10.1 Å². The van der Waals surface area contributed by atoms with Gasteiger partial charge in [-0.25, -0.2) is 13.1 Å². The molecule has 3 aromatic carbocycles. The van der Waals surface area contributed by atoms with E-state index in [4.69, 9.17) is 16.3 Å². The molecule has 6 rings (SSSR count). The number of hydrogen-bond acceptors (Lipinski definition) is 8. The Morgan fingerprint density at radius 3 is 2.40 bits per heavy atom. The summed E-state index contributed by atoms with van der Waals surface area (Å²) in [6.45, 7) is 4.69. The average molecular weight is 694 g/mol. The van der Waals surface area contributed by atoms with Crippen LogP contribution in [0.2, 0.25) is 5.02 Å². The zero-order chi connectivity index (χ0) is 33.3. The number of anilines is 1. The van der Waals surface area contributed by atoms with E-state index in [0.29, 0.717) is 51.8 Å². The number of rotatable bonds is 9. The van der Waals surface area contributed by atoms with Crippen LogP contribution in [0.4, 0.5) is 5.69 Å². The lowest BCUT2D eigenvalue weighted by Crippen LogP contribution is -2.40. The minimum Gasteiger partial charge on any atom is -0.379 e. The number of carbonyl (C=O) groups excluding carboxylic acids is 1. The van der Waals surface area contributed by atoms with Crippen LogP contribution in [0.5, 0.6) is 0 Å². The lowest BCUT2D eigenvalue weighted by Gasteiger charge is -2.26. The fraction of sp³-hybridized carbons (Fsp3) is 0.250. The number of benzene rings is 3. The number of ether oxygens (including phenoxy) is 1. The Morgan fingerprint density at radius 2 is 1.68 bits per heavy atom. The van der Waals surface area contributed by atoms with Crippen molar-refractivity contribution in [1.82, 2.24) is 28.4 Å².